The quantitative estimate of drug-likeness (QED) is 0.447. The second-order valence-electron chi connectivity index (χ2n) is 9.51. The zero-order chi connectivity index (χ0) is 25.2. The van der Waals surface area contributed by atoms with E-state index in [1.165, 1.54) is 19.9 Å². The van der Waals surface area contributed by atoms with E-state index in [1.807, 2.05) is 36.4 Å². The first-order valence-corrected chi connectivity index (χ1v) is 11.4. The number of halogens is 2. The molecule has 1 saturated heterocycles. The van der Waals surface area contributed by atoms with Crippen LogP contribution in [0.4, 0.5) is 8.78 Å². The lowest BCUT2D eigenvalue weighted by molar-refractivity contribution is 0.00812. The molecule has 0 aromatic heterocycles. The molecule has 4 nitrogen and oxygen atoms in total. The lowest BCUT2D eigenvalue weighted by Crippen LogP contribution is -2.53. The summed E-state index contributed by atoms with van der Waals surface area (Å²) in [6.45, 7) is 4.09. The van der Waals surface area contributed by atoms with Crippen molar-refractivity contribution in [3.63, 3.8) is 0 Å². The van der Waals surface area contributed by atoms with Gasteiger partial charge in [0.05, 0.1) is 40.9 Å². The lowest BCUT2D eigenvalue weighted by atomic mass is 9.72. The second kappa shape index (κ2) is 9.67. The fourth-order valence-corrected chi connectivity index (χ4v) is 5.19. The maximum atomic E-state index is 15.4. The van der Waals surface area contributed by atoms with Crippen LogP contribution >= 0.6 is 0 Å². The largest absolute Gasteiger partial charge is 0.292 e. The molecule has 0 amide bonds. The molecule has 0 spiro atoms. The number of nitrogens with zero attached hydrogens (tertiary/aromatic N) is 4. The van der Waals surface area contributed by atoms with Gasteiger partial charge in [0, 0.05) is 19.0 Å². The van der Waals surface area contributed by atoms with Gasteiger partial charge in [-0.15, -0.1) is 0 Å². The minimum atomic E-state index is -1.62. The molecule has 3 aromatic carbocycles. The van der Waals surface area contributed by atoms with Gasteiger partial charge in [0.25, 0.3) is 0 Å². The average Bonchev–Trinajstić information content (AvgIpc) is 2.81. The molecule has 1 heterocycles. The maximum absolute atomic E-state index is 15.4. The van der Waals surface area contributed by atoms with Gasteiger partial charge in [0.1, 0.15) is 11.5 Å². The molecule has 1 aliphatic rings. The third-order valence-corrected chi connectivity index (χ3v) is 6.61. The van der Waals surface area contributed by atoms with Crippen LogP contribution in [-0.4, -0.2) is 23.7 Å². The second-order valence-corrected chi connectivity index (χ2v) is 9.51. The lowest BCUT2D eigenvalue weighted by Gasteiger charge is -2.50. The van der Waals surface area contributed by atoms with Crippen LogP contribution in [0.25, 0.3) is 0 Å². The van der Waals surface area contributed by atoms with Crippen LogP contribution in [0, 0.1) is 45.7 Å². The summed E-state index contributed by atoms with van der Waals surface area (Å²) in [5, 5.41) is 27.8. The van der Waals surface area contributed by atoms with E-state index in [0.717, 1.165) is 17.2 Å². The van der Waals surface area contributed by atoms with Gasteiger partial charge in [0.2, 0.25) is 0 Å². The Labute approximate surface area is 204 Å². The topological polar surface area (TPSA) is 74.6 Å². The normalized spacial score (nSPS) is 15.8. The van der Waals surface area contributed by atoms with Gasteiger partial charge >= 0.3 is 0 Å². The minimum Gasteiger partial charge on any atom is -0.292 e. The first kappa shape index (κ1) is 24.1. The van der Waals surface area contributed by atoms with Crippen LogP contribution in [0.3, 0.4) is 0 Å². The summed E-state index contributed by atoms with van der Waals surface area (Å²) in [6.07, 6.45) is 0. The molecular formula is C29H24F2N4. The number of likely N-dealkylation sites (tertiary alicyclic amines) is 1. The van der Waals surface area contributed by atoms with Crippen LogP contribution < -0.4 is 0 Å². The van der Waals surface area contributed by atoms with Crippen LogP contribution in [0.5, 0.6) is 0 Å². The molecule has 1 fully saturated rings. The molecule has 35 heavy (non-hydrogen) atoms. The Bertz CT molecular complexity index is 1350. The van der Waals surface area contributed by atoms with E-state index in [2.05, 4.69) is 17.0 Å². The van der Waals surface area contributed by atoms with E-state index in [9.17, 15) is 20.2 Å². The van der Waals surface area contributed by atoms with Crippen LogP contribution in [0.15, 0.2) is 66.7 Å². The zero-order valence-corrected chi connectivity index (χ0v) is 19.5. The molecule has 174 valence electrons. The van der Waals surface area contributed by atoms with E-state index in [-0.39, 0.29) is 17.5 Å². The molecule has 4 rings (SSSR count). The highest BCUT2D eigenvalue weighted by Crippen LogP contribution is 2.45. The molecule has 1 aliphatic heterocycles. The van der Waals surface area contributed by atoms with Gasteiger partial charge in [-0.05, 0) is 78.9 Å². The van der Waals surface area contributed by atoms with Gasteiger partial charge in [-0.2, -0.15) is 15.8 Å². The van der Waals surface area contributed by atoms with E-state index < -0.39 is 17.4 Å². The molecule has 2 atom stereocenters. The number of rotatable bonds is 6. The summed E-state index contributed by atoms with van der Waals surface area (Å²) in [4.78, 5) is 2.20. The Morgan fingerprint density at radius 2 is 1.43 bits per heavy atom. The highest BCUT2D eigenvalue weighted by molar-refractivity contribution is 5.42. The van der Waals surface area contributed by atoms with Crippen molar-refractivity contribution in [3.05, 3.63) is 106 Å². The highest BCUT2D eigenvalue weighted by atomic mass is 19.1. The first-order chi connectivity index (χ1) is 16.7. The molecule has 0 radical (unpaired) electrons. The number of hydrogen-bond acceptors (Lipinski definition) is 4. The Balaban J connectivity index is 1.67. The smallest absolute Gasteiger partial charge is 0.124 e. The Morgan fingerprint density at radius 3 is 2.03 bits per heavy atom. The zero-order valence-electron chi connectivity index (χ0n) is 19.5. The Morgan fingerprint density at radius 1 is 0.800 bits per heavy atom. The number of benzene rings is 3. The van der Waals surface area contributed by atoms with Crippen molar-refractivity contribution in [2.24, 2.45) is 5.92 Å². The molecule has 3 aromatic rings. The SMILES string of the molecule is CC(C)(F)C(c1cc(F)cc(C#N)c1)C1CN([C@H](c2ccc(C#N)cc2)c2cccc(C#N)c2)C1. The van der Waals surface area contributed by atoms with Crippen molar-refractivity contribution < 1.29 is 8.78 Å². The monoisotopic (exact) mass is 466 g/mol. The van der Waals surface area contributed by atoms with Crippen molar-refractivity contribution >= 4 is 0 Å². The summed E-state index contributed by atoms with van der Waals surface area (Å²) in [7, 11) is 0. The van der Waals surface area contributed by atoms with Crippen molar-refractivity contribution in [2.45, 2.75) is 31.5 Å². The first-order valence-electron chi connectivity index (χ1n) is 11.4. The summed E-state index contributed by atoms with van der Waals surface area (Å²) in [5.41, 5.74) is 2.03. The molecule has 0 aliphatic carbocycles. The standard InChI is InChI=1S/C29H24F2N4/c1-29(2,31)27(24-11-21(16-34)12-26(30)13-24)25-17-35(18-25)28(22-8-6-19(14-32)7-9-22)23-5-3-4-20(10-23)15-33/h3-13,25,27-28H,17-18H2,1-2H3/t27?,28-/m1/s1. The van der Waals surface area contributed by atoms with Crippen LogP contribution in [0.1, 0.15) is 59.2 Å². The van der Waals surface area contributed by atoms with Crippen molar-refractivity contribution in [3.8, 4) is 18.2 Å². The van der Waals surface area contributed by atoms with E-state index in [4.69, 9.17) is 0 Å². The average molecular weight is 467 g/mol. The van der Waals surface area contributed by atoms with E-state index in [1.54, 1.807) is 24.3 Å². The van der Waals surface area contributed by atoms with Gasteiger partial charge < -0.3 is 0 Å². The maximum Gasteiger partial charge on any atom is 0.124 e. The molecule has 0 bridgehead atoms. The van der Waals surface area contributed by atoms with Gasteiger partial charge in [-0.3, -0.25) is 4.90 Å². The van der Waals surface area contributed by atoms with Crippen LogP contribution in [-0.2, 0) is 0 Å². The Kier molecular flexibility index (Phi) is 6.65. The van der Waals surface area contributed by atoms with Gasteiger partial charge in [0.15, 0.2) is 0 Å². The number of nitriles is 3. The van der Waals surface area contributed by atoms with Crippen molar-refractivity contribution in [2.75, 3.05) is 13.1 Å². The molecule has 0 saturated carbocycles. The predicted molar refractivity (Wildman–Crippen MR) is 128 cm³/mol. The number of hydrogen-bond donors (Lipinski definition) is 0. The van der Waals surface area contributed by atoms with E-state index >= 15 is 4.39 Å². The van der Waals surface area contributed by atoms with E-state index in [0.29, 0.717) is 29.8 Å². The Hall–Kier alpha value is -4.05. The molecular weight excluding hydrogens is 442 g/mol. The predicted octanol–water partition coefficient (Wildman–Crippen LogP) is 5.99. The fraction of sp³-hybridized carbons (Fsp3) is 0.276. The minimum absolute atomic E-state index is 0.0941. The molecule has 6 heteroatoms. The molecule has 0 N–H and O–H groups in total. The van der Waals surface area contributed by atoms with Crippen molar-refractivity contribution in [1.82, 2.24) is 4.90 Å². The van der Waals surface area contributed by atoms with Crippen molar-refractivity contribution in [1.29, 1.82) is 15.8 Å². The summed E-state index contributed by atoms with van der Waals surface area (Å²) in [6, 6.07) is 24.8. The van der Waals surface area contributed by atoms with Crippen LogP contribution in [0.2, 0.25) is 0 Å². The summed E-state index contributed by atoms with van der Waals surface area (Å²) < 4.78 is 29.6. The number of alkyl halides is 1. The third-order valence-electron chi connectivity index (χ3n) is 6.61. The third kappa shape index (κ3) is 5.07. The summed E-state index contributed by atoms with van der Waals surface area (Å²) >= 11 is 0. The van der Waals surface area contributed by atoms with Gasteiger partial charge in [-0.1, -0.05) is 24.3 Å². The van der Waals surface area contributed by atoms with Gasteiger partial charge in [-0.25, -0.2) is 8.78 Å². The molecule has 1 unspecified atom stereocenters. The summed E-state index contributed by atoms with van der Waals surface area (Å²) in [5.74, 6) is -1.23. The fourth-order valence-electron chi connectivity index (χ4n) is 5.19. The highest BCUT2D eigenvalue weighted by Gasteiger charge is 2.45.